The van der Waals surface area contributed by atoms with Gasteiger partial charge in [0.1, 0.15) is 16.4 Å². The van der Waals surface area contributed by atoms with E-state index in [9.17, 15) is 32.7 Å². The van der Waals surface area contributed by atoms with E-state index in [2.05, 4.69) is 15.0 Å². The molecular weight excluding hydrogens is 571 g/mol. The molecule has 0 unspecified atom stereocenters. The minimum absolute atomic E-state index is 0.0105. The van der Waals surface area contributed by atoms with Gasteiger partial charge in [-0.25, -0.2) is 14.8 Å². The molecule has 0 aliphatic heterocycles. The summed E-state index contributed by atoms with van der Waals surface area (Å²) in [7, 11) is 1.80. The number of aromatic nitrogens is 5. The Balaban J connectivity index is 1.68. The standard InChI is InChI=1S/C29H24F3N5O4S/c1-3-4-19(38)8-17-9-20(27-35-25(14-42-27)29(30,31)32)22(10-33-17)16-5-6-24-21(7-16)26(39)23(28(40)41)13-37(24)12-18-11-36(2)15-34-18/h5-7,9-11,13-15H,3-4,8,12H2,1-2H3,(H,40,41). The molecule has 0 radical (unpaired) electrons. The molecule has 5 rings (SSSR count). The summed E-state index contributed by atoms with van der Waals surface area (Å²) >= 11 is 0.799. The summed E-state index contributed by atoms with van der Waals surface area (Å²) in [6.45, 7) is 2.07. The molecule has 5 aromatic rings. The SMILES string of the molecule is CCCC(=O)Cc1cc(-c2nc(C(F)(F)F)cs2)c(-c2ccc3c(c2)c(=O)c(C(=O)O)cn3Cc2cn(C)cn2)cn1. The van der Waals surface area contributed by atoms with E-state index in [1.54, 1.807) is 46.9 Å². The molecule has 42 heavy (non-hydrogen) atoms. The van der Waals surface area contributed by atoms with Gasteiger partial charge in [0.05, 0.1) is 24.1 Å². The van der Waals surface area contributed by atoms with E-state index < -0.39 is 28.8 Å². The number of halogens is 3. The van der Waals surface area contributed by atoms with Crippen molar-refractivity contribution in [3.63, 3.8) is 0 Å². The van der Waals surface area contributed by atoms with Crippen molar-refractivity contribution < 1.29 is 27.9 Å². The van der Waals surface area contributed by atoms with Crippen molar-refractivity contribution in [1.29, 1.82) is 0 Å². The molecule has 4 aromatic heterocycles. The normalized spacial score (nSPS) is 11.7. The highest BCUT2D eigenvalue weighted by Crippen LogP contribution is 2.38. The highest BCUT2D eigenvalue weighted by Gasteiger charge is 2.34. The number of aromatic carboxylic acids is 1. The Morgan fingerprint density at radius 3 is 2.50 bits per heavy atom. The first-order valence-corrected chi connectivity index (χ1v) is 13.7. The molecule has 0 bridgehead atoms. The van der Waals surface area contributed by atoms with E-state index in [4.69, 9.17) is 0 Å². The predicted molar refractivity (Wildman–Crippen MR) is 150 cm³/mol. The van der Waals surface area contributed by atoms with Crippen LogP contribution in [0.25, 0.3) is 32.6 Å². The molecule has 13 heteroatoms. The highest BCUT2D eigenvalue weighted by atomic mass is 32.1. The highest BCUT2D eigenvalue weighted by molar-refractivity contribution is 7.13. The molecule has 1 N–H and O–H groups in total. The molecule has 0 aliphatic rings. The number of Topliss-reactive ketones (excluding diaryl/α,β-unsaturated/α-hetero) is 1. The number of hydrogen-bond donors (Lipinski definition) is 1. The largest absolute Gasteiger partial charge is 0.477 e. The molecule has 0 spiro atoms. The fraction of sp³-hybridized carbons (Fsp3) is 0.241. The minimum atomic E-state index is -4.64. The number of benzene rings is 1. The Labute approximate surface area is 240 Å². The third-order valence-corrected chi connectivity index (χ3v) is 7.48. The summed E-state index contributed by atoms with van der Waals surface area (Å²) in [4.78, 5) is 50.0. The van der Waals surface area contributed by atoms with Crippen LogP contribution in [0.4, 0.5) is 13.2 Å². The number of carbonyl (C=O) groups is 2. The maximum atomic E-state index is 13.4. The van der Waals surface area contributed by atoms with Gasteiger partial charge < -0.3 is 14.2 Å². The number of thiazole rings is 1. The third kappa shape index (κ3) is 5.86. The first kappa shape index (κ1) is 28.9. The molecule has 0 saturated carbocycles. The van der Waals surface area contributed by atoms with Crippen LogP contribution in [0.5, 0.6) is 0 Å². The second-order valence-electron chi connectivity index (χ2n) is 9.79. The minimum Gasteiger partial charge on any atom is -0.477 e. The zero-order valence-electron chi connectivity index (χ0n) is 22.5. The molecule has 0 aliphatic carbocycles. The van der Waals surface area contributed by atoms with Crippen molar-refractivity contribution in [2.45, 2.75) is 38.9 Å². The number of alkyl halides is 3. The van der Waals surface area contributed by atoms with E-state index >= 15 is 0 Å². The molecule has 9 nitrogen and oxygen atoms in total. The lowest BCUT2D eigenvalue weighted by Crippen LogP contribution is -2.19. The zero-order chi connectivity index (χ0) is 30.2. The van der Waals surface area contributed by atoms with Gasteiger partial charge in [-0.2, -0.15) is 13.2 Å². The van der Waals surface area contributed by atoms with Crippen molar-refractivity contribution in [3.8, 4) is 21.7 Å². The number of nitrogens with zero attached hydrogens (tertiary/aromatic N) is 5. The number of carboxylic acids is 1. The van der Waals surface area contributed by atoms with Gasteiger partial charge in [-0.1, -0.05) is 13.0 Å². The summed E-state index contributed by atoms with van der Waals surface area (Å²) in [6.07, 6.45) is 2.44. The van der Waals surface area contributed by atoms with Gasteiger partial charge in [0.15, 0.2) is 5.69 Å². The lowest BCUT2D eigenvalue weighted by atomic mass is 9.98. The van der Waals surface area contributed by atoms with E-state index in [0.717, 1.165) is 16.7 Å². The van der Waals surface area contributed by atoms with Crippen molar-refractivity contribution in [3.05, 3.63) is 87.4 Å². The Morgan fingerprint density at radius 1 is 1.07 bits per heavy atom. The van der Waals surface area contributed by atoms with Crippen LogP contribution in [0.15, 0.2) is 59.4 Å². The van der Waals surface area contributed by atoms with Gasteiger partial charge in [0.2, 0.25) is 5.43 Å². The number of fused-ring (bicyclic) bond motifs is 1. The van der Waals surface area contributed by atoms with E-state index in [-0.39, 0.29) is 29.1 Å². The van der Waals surface area contributed by atoms with Crippen LogP contribution in [0, 0.1) is 0 Å². The van der Waals surface area contributed by atoms with Gasteiger partial charge in [0, 0.05) is 66.1 Å². The Kier molecular flexibility index (Phi) is 7.78. The van der Waals surface area contributed by atoms with Crippen molar-refractivity contribution in [1.82, 2.24) is 24.1 Å². The number of ketones is 1. The van der Waals surface area contributed by atoms with Crippen molar-refractivity contribution in [2.24, 2.45) is 7.05 Å². The number of carbonyl (C=O) groups excluding carboxylic acids is 1. The lowest BCUT2D eigenvalue weighted by Gasteiger charge is -2.14. The van der Waals surface area contributed by atoms with Crippen LogP contribution in [0.2, 0.25) is 0 Å². The summed E-state index contributed by atoms with van der Waals surface area (Å²) in [6, 6.07) is 6.36. The first-order valence-electron chi connectivity index (χ1n) is 12.9. The Hall–Kier alpha value is -4.65. The molecule has 0 saturated heterocycles. The van der Waals surface area contributed by atoms with Crippen LogP contribution < -0.4 is 5.43 Å². The summed E-state index contributed by atoms with van der Waals surface area (Å²) < 4.78 is 43.5. The summed E-state index contributed by atoms with van der Waals surface area (Å²) in [5.74, 6) is -1.45. The van der Waals surface area contributed by atoms with E-state index in [0.29, 0.717) is 46.4 Å². The molecule has 1 aromatic carbocycles. The maximum absolute atomic E-state index is 13.4. The van der Waals surface area contributed by atoms with Crippen LogP contribution in [0.3, 0.4) is 0 Å². The Morgan fingerprint density at radius 2 is 1.86 bits per heavy atom. The summed E-state index contributed by atoms with van der Waals surface area (Å²) in [5, 5.41) is 10.8. The maximum Gasteiger partial charge on any atom is 0.434 e. The zero-order valence-corrected chi connectivity index (χ0v) is 23.3. The predicted octanol–water partition coefficient (Wildman–Crippen LogP) is 5.60. The van der Waals surface area contributed by atoms with Crippen molar-refractivity contribution >= 4 is 34.0 Å². The van der Waals surface area contributed by atoms with Crippen LogP contribution in [-0.4, -0.2) is 40.9 Å². The van der Waals surface area contributed by atoms with Crippen molar-refractivity contribution in [2.75, 3.05) is 0 Å². The molecular formula is C29H24F3N5O4S. The van der Waals surface area contributed by atoms with Crippen LogP contribution in [-0.2, 0) is 31.0 Å². The number of aryl methyl sites for hydroxylation is 1. The lowest BCUT2D eigenvalue weighted by molar-refractivity contribution is -0.140. The monoisotopic (exact) mass is 595 g/mol. The molecule has 216 valence electrons. The molecule has 0 fully saturated rings. The fourth-order valence-corrected chi connectivity index (χ4v) is 5.53. The quantitative estimate of drug-likeness (QED) is 0.236. The Bertz CT molecular complexity index is 1890. The van der Waals surface area contributed by atoms with E-state index in [1.165, 1.54) is 18.5 Å². The fourth-order valence-electron chi connectivity index (χ4n) is 4.67. The van der Waals surface area contributed by atoms with Gasteiger partial charge in [-0.3, -0.25) is 14.6 Å². The molecule has 0 amide bonds. The topological polar surface area (TPSA) is 120 Å². The molecule has 0 atom stereocenters. The van der Waals surface area contributed by atoms with E-state index in [1.807, 2.05) is 6.92 Å². The van der Waals surface area contributed by atoms with Gasteiger partial charge in [0.25, 0.3) is 0 Å². The second-order valence-corrected chi connectivity index (χ2v) is 10.6. The average molecular weight is 596 g/mol. The average Bonchev–Trinajstić information content (AvgIpc) is 3.59. The van der Waals surface area contributed by atoms with Gasteiger partial charge >= 0.3 is 12.1 Å². The number of carboxylic acid groups (broad SMARTS) is 1. The number of pyridine rings is 2. The number of imidazole rings is 1. The third-order valence-electron chi connectivity index (χ3n) is 6.61. The number of rotatable bonds is 9. The molecule has 4 heterocycles. The first-order chi connectivity index (χ1) is 19.9. The second kappa shape index (κ2) is 11.3. The van der Waals surface area contributed by atoms with Gasteiger partial charge in [-0.05, 0) is 30.2 Å². The van der Waals surface area contributed by atoms with Gasteiger partial charge in [-0.15, -0.1) is 11.3 Å². The van der Waals surface area contributed by atoms with Crippen LogP contribution >= 0.6 is 11.3 Å². The number of hydrogen-bond acceptors (Lipinski definition) is 7. The smallest absolute Gasteiger partial charge is 0.434 e. The summed E-state index contributed by atoms with van der Waals surface area (Å²) in [5.41, 5.74) is 0.393. The van der Waals surface area contributed by atoms with Crippen LogP contribution in [0.1, 0.15) is 47.2 Å².